The van der Waals surface area contributed by atoms with Gasteiger partial charge in [0, 0.05) is 66.8 Å². The molecule has 0 unspecified atom stereocenters. The average molecular weight is 972 g/mol. The molecule has 13 heteroatoms. The van der Waals surface area contributed by atoms with Crippen LogP contribution in [-0.4, -0.2) is 62.1 Å². The Morgan fingerprint density at radius 1 is 0.379 bits per heavy atom. The Bertz CT molecular complexity index is 2000. The maximum absolute atomic E-state index is 12.7. The van der Waals surface area contributed by atoms with Crippen molar-refractivity contribution >= 4 is 82.6 Å². The summed E-state index contributed by atoms with van der Waals surface area (Å²) < 4.78 is 21.0. The number of rotatable bonds is 18. The Morgan fingerprint density at radius 2 is 0.621 bits per heavy atom. The van der Waals surface area contributed by atoms with Crippen LogP contribution in [0.3, 0.4) is 0 Å². The molecule has 0 saturated heterocycles. The summed E-state index contributed by atoms with van der Waals surface area (Å²) in [6.45, 7) is 2.87. The van der Waals surface area contributed by atoms with Crippen LogP contribution in [0.1, 0.15) is 31.1 Å². The molecule has 0 bridgehead atoms. The lowest BCUT2D eigenvalue weighted by Gasteiger charge is -2.23. The minimum absolute atomic E-state index is 0.211. The van der Waals surface area contributed by atoms with E-state index >= 15 is 0 Å². The maximum Gasteiger partial charge on any atom is 0.255 e. The van der Waals surface area contributed by atoms with Gasteiger partial charge >= 0.3 is 0 Å². The van der Waals surface area contributed by atoms with Crippen LogP contribution in [0.4, 0.5) is 17.1 Å². The number of hydrogen-bond acceptors (Lipinski definition) is 7. The van der Waals surface area contributed by atoms with Crippen molar-refractivity contribution in [2.24, 2.45) is 0 Å². The van der Waals surface area contributed by atoms with Crippen LogP contribution in [-0.2, 0) is 0 Å². The van der Waals surface area contributed by atoms with Gasteiger partial charge in [0.15, 0.2) is 0 Å². The Hall–Kier alpha value is -5.47. The molecule has 6 aromatic rings. The average Bonchev–Trinajstić information content (AvgIpc) is 3.24. The number of halogens is 3. The smallest absolute Gasteiger partial charge is 0.255 e. The minimum atomic E-state index is -0.211. The normalized spacial score (nSPS) is 10.8. The third-order valence-electron chi connectivity index (χ3n) is 8.68. The molecule has 0 aliphatic heterocycles. The predicted molar refractivity (Wildman–Crippen MR) is 239 cm³/mol. The van der Waals surface area contributed by atoms with Gasteiger partial charge in [0.2, 0.25) is 0 Å². The molecule has 6 aromatic carbocycles. The molecule has 0 heterocycles. The highest BCUT2D eigenvalue weighted by atomic mass is 79.9. The van der Waals surface area contributed by atoms with Crippen LogP contribution >= 0.6 is 47.8 Å². The highest BCUT2D eigenvalue weighted by molar-refractivity contribution is 9.11. The molecule has 0 saturated carbocycles. The van der Waals surface area contributed by atoms with E-state index in [1.165, 1.54) is 0 Å². The number of carbonyl (C=O) groups is 3. The van der Waals surface area contributed by atoms with Crippen LogP contribution in [0.25, 0.3) is 0 Å². The summed E-state index contributed by atoms with van der Waals surface area (Å²) in [7, 11) is 0. The van der Waals surface area contributed by atoms with E-state index in [2.05, 4.69) is 68.6 Å². The third kappa shape index (κ3) is 13.3. The van der Waals surface area contributed by atoms with Crippen molar-refractivity contribution in [2.45, 2.75) is 0 Å². The van der Waals surface area contributed by atoms with Gasteiger partial charge in [-0.05, 0) is 146 Å². The molecule has 0 fully saturated rings. The van der Waals surface area contributed by atoms with Crippen LogP contribution in [0.15, 0.2) is 159 Å². The highest BCUT2D eigenvalue weighted by Gasteiger charge is 2.12. The molecule has 296 valence electrons. The van der Waals surface area contributed by atoms with Gasteiger partial charge < -0.3 is 30.2 Å². The zero-order valence-electron chi connectivity index (χ0n) is 31.1. The lowest BCUT2D eigenvalue weighted by molar-refractivity contribution is 0.101. The fourth-order valence-corrected chi connectivity index (χ4v) is 6.32. The summed E-state index contributed by atoms with van der Waals surface area (Å²) in [5.74, 6) is 1.29. The van der Waals surface area contributed by atoms with Crippen molar-refractivity contribution in [1.82, 2.24) is 4.90 Å². The van der Waals surface area contributed by atoms with E-state index in [0.717, 1.165) is 13.4 Å². The number of ether oxygens (including phenoxy) is 3. The van der Waals surface area contributed by atoms with E-state index in [-0.39, 0.29) is 17.7 Å². The zero-order chi connectivity index (χ0) is 40.7. The summed E-state index contributed by atoms with van der Waals surface area (Å²) in [6, 6.07) is 43.2. The van der Waals surface area contributed by atoms with E-state index in [0.29, 0.717) is 90.5 Å². The summed E-state index contributed by atoms with van der Waals surface area (Å²) in [4.78, 5) is 40.4. The third-order valence-corrected chi connectivity index (χ3v) is 10.3. The van der Waals surface area contributed by atoms with E-state index in [4.69, 9.17) is 14.2 Å². The molecule has 0 aliphatic carbocycles. The first-order valence-corrected chi connectivity index (χ1v) is 20.7. The van der Waals surface area contributed by atoms with E-state index < -0.39 is 0 Å². The second-order valence-corrected chi connectivity index (χ2v) is 15.6. The first kappa shape index (κ1) is 42.1. The number of benzene rings is 6. The van der Waals surface area contributed by atoms with Crippen LogP contribution in [0, 0.1) is 0 Å². The van der Waals surface area contributed by atoms with Crippen LogP contribution < -0.4 is 30.2 Å². The second kappa shape index (κ2) is 21.3. The molecule has 3 amide bonds. The van der Waals surface area contributed by atoms with Gasteiger partial charge in [0.05, 0.1) is 0 Å². The van der Waals surface area contributed by atoms with Crippen molar-refractivity contribution < 1.29 is 28.6 Å². The highest BCUT2D eigenvalue weighted by Crippen LogP contribution is 2.20. The Balaban J connectivity index is 1.00. The van der Waals surface area contributed by atoms with Crippen molar-refractivity contribution in [3.05, 3.63) is 176 Å². The van der Waals surface area contributed by atoms with Gasteiger partial charge in [-0.3, -0.25) is 19.3 Å². The van der Waals surface area contributed by atoms with Gasteiger partial charge in [-0.1, -0.05) is 47.8 Å². The number of amides is 3. The SMILES string of the molecule is O=C(Nc1ccc(Br)cc1)c1ccc(OCCN(CCOc2ccc(C(=O)Nc3ccc(Br)cc3)cc2)CCOc2ccc(C(=O)Nc3ccc(Br)cc3)cc2)cc1. The summed E-state index contributed by atoms with van der Waals surface area (Å²) in [6.07, 6.45) is 0. The molecular weight excluding hydrogens is 932 g/mol. The lowest BCUT2D eigenvalue weighted by atomic mass is 10.2. The molecule has 3 N–H and O–H groups in total. The van der Waals surface area contributed by atoms with Gasteiger partial charge in [0.1, 0.15) is 37.1 Å². The van der Waals surface area contributed by atoms with Crippen LogP contribution in [0.5, 0.6) is 17.2 Å². The molecule has 0 aromatic heterocycles. The van der Waals surface area contributed by atoms with Gasteiger partial charge in [0.25, 0.3) is 17.7 Å². The van der Waals surface area contributed by atoms with E-state index in [1.54, 1.807) is 72.8 Å². The molecule has 0 radical (unpaired) electrons. The first-order chi connectivity index (χ1) is 28.2. The Labute approximate surface area is 362 Å². The number of nitrogens with zero attached hydrogens (tertiary/aromatic N) is 1. The quantitative estimate of drug-likeness (QED) is 0.0785. The molecular formula is C45H39Br3N4O6. The number of hydrogen-bond donors (Lipinski definition) is 3. The monoisotopic (exact) mass is 968 g/mol. The van der Waals surface area contributed by atoms with Gasteiger partial charge in [-0.25, -0.2) is 0 Å². The summed E-state index contributed by atoms with van der Waals surface area (Å²) in [5, 5.41) is 8.68. The molecule has 58 heavy (non-hydrogen) atoms. The Morgan fingerprint density at radius 3 is 0.862 bits per heavy atom. The molecule has 0 spiro atoms. The molecule has 10 nitrogen and oxygen atoms in total. The largest absolute Gasteiger partial charge is 0.492 e. The topological polar surface area (TPSA) is 118 Å². The minimum Gasteiger partial charge on any atom is -0.492 e. The van der Waals surface area contributed by atoms with Gasteiger partial charge in [-0.2, -0.15) is 0 Å². The van der Waals surface area contributed by atoms with E-state index in [1.807, 2.05) is 72.8 Å². The summed E-state index contributed by atoms with van der Waals surface area (Å²) >= 11 is 10.2. The van der Waals surface area contributed by atoms with E-state index in [9.17, 15) is 14.4 Å². The Kier molecular flexibility index (Phi) is 15.5. The zero-order valence-corrected chi connectivity index (χ0v) is 35.9. The fourth-order valence-electron chi connectivity index (χ4n) is 5.53. The molecule has 6 rings (SSSR count). The summed E-state index contributed by atoms with van der Waals surface area (Å²) in [5.41, 5.74) is 3.66. The molecule has 0 atom stereocenters. The number of anilines is 3. The maximum atomic E-state index is 12.7. The molecule has 0 aliphatic rings. The lowest BCUT2D eigenvalue weighted by Crippen LogP contribution is -2.35. The van der Waals surface area contributed by atoms with Gasteiger partial charge in [-0.15, -0.1) is 0 Å². The number of nitrogens with one attached hydrogen (secondary N) is 3. The standard InChI is InChI=1S/C45H39Br3N4O6/c46-34-7-13-37(14-8-34)49-43(53)31-1-19-40(20-2-31)56-28-25-52(26-29-57-41-21-3-32(4-22-41)44(54)50-38-15-9-35(47)10-16-38)27-30-58-42-23-5-33(6-24-42)45(55)51-39-17-11-36(48)12-18-39/h1-24H,25-30H2,(H,49,53)(H,50,54)(H,51,55). The van der Waals surface area contributed by atoms with Crippen molar-refractivity contribution in [3.8, 4) is 17.2 Å². The first-order valence-electron chi connectivity index (χ1n) is 18.3. The number of carbonyl (C=O) groups excluding carboxylic acids is 3. The predicted octanol–water partition coefficient (Wildman–Crippen LogP) is 10.6. The second-order valence-electron chi connectivity index (χ2n) is 12.8. The fraction of sp³-hybridized carbons (Fsp3) is 0.133. The van der Waals surface area contributed by atoms with Crippen molar-refractivity contribution in [1.29, 1.82) is 0 Å². The van der Waals surface area contributed by atoms with Crippen molar-refractivity contribution in [3.63, 3.8) is 0 Å². The van der Waals surface area contributed by atoms with Crippen LogP contribution in [0.2, 0.25) is 0 Å². The van der Waals surface area contributed by atoms with Crippen molar-refractivity contribution in [2.75, 3.05) is 55.4 Å².